The number of piperidine rings is 1. The number of benzene rings is 2. The fraction of sp³-hybridized carbons (Fsp3) is 0.567. The highest BCUT2D eigenvalue weighted by molar-refractivity contribution is 5.68. The average molecular weight is 605 g/mol. The molecule has 0 spiro atoms. The zero-order chi connectivity index (χ0) is 31.0. The van der Waals surface area contributed by atoms with E-state index in [0.717, 1.165) is 5.56 Å². The smallest absolute Gasteiger partial charge is 0.416 e. The molecule has 12 heteroatoms. The first-order valence-corrected chi connectivity index (χ1v) is 13.8. The molecule has 2 fully saturated rings. The van der Waals surface area contributed by atoms with E-state index in [1.165, 1.54) is 19.1 Å². The SMILES string of the molecule is C[C@@H](O[C@H]1CCN(C2CCN(C(=O)OC(C)(C)C)C2)C[C@@H]1c1ccc(F)cc1)c1cc(C(F)(F)F)cc(C(F)(F)F)c1. The Morgan fingerprint density at radius 3 is 2.02 bits per heavy atom. The van der Waals surface area contributed by atoms with Gasteiger partial charge in [-0.25, -0.2) is 9.18 Å². The van der Waals surface area contributed by atoms with Gasteiger partial charge in [0.05, 0.1) is 23.3 Å². The van der Waals surface area contributed by atoms with Crippen molar-refractivity contribution in [2.24, 2.45) is 0 Å². The molecule has 2 aliphatic heterocycles. The van der Waals surface area contributed by atoms with E-state index in [0.29, 0.717) is 51.2 Å². The molecule has 0 saturated carbocycles. The van der Waals surface area contributed by atoms with Gasteiger partial charge in [-0.3, -0.25) is 4.90 Å². The van der Waals surface area contributed by atoms with Crippen molar-refractivity contribution in [2.45, 2.75) is 82.7 Å². The highest BCUT2D eigenvalue weighted by Gasteiger charge is 2.40. The molecule has 1 unspecified atom stereocenters. The normalized spacial score (nSPS) is 23.2. The number of carbonyl (C=O) groups excluding carboxylic acids is 1. The maximum absolute atomic E-state index is 13.7. The third kappa shape index (κ3) is 7.94. The van der Waals surface area contributed by atoms with Crippen LogP contribution in [0.4, 0.5) is 35.5 Å². The Bertz CT molecular complexity index is 1210. The highest BCUT2D eigenvalue weighted by Crippen LogP contribution is 2.40. The quantitative estimate of drug-likeness (QED) is 0.327. The number of rotatable bonds is 5. The lowest BCUT2D eigenvalue weighted by molar-refractivity contribution is -0.143. The Morgan fingerprint density at radius 1 is 0.881 bits per heavy atom. The van der Waals surface area contributed by atoms with Crippen LogP contribution in [0.3, 0.4) is 0 Å². The van der Waals surface area contributed by atoms with Gasteiger partial charge in [-0.1, -0.05) is 12.1 Å². The predicted octanol–water partition coefficient (Wildman–Crippen LogP) is 7.81. The largest absolute Gasteiger partial charge is 0.444 e. The monoisotopic (exact) mass is 604 g/mol. The first-order valence-electron chi connectivity index (χ1n) is 13.8. The molecule has 42 heavy (non-hydrogen) atoms. The van der Waals surface area contributed by atoms with Crippen LogP contribution in [0.15, 0.2) is 42.5 Å². The number of carbonyl (C=O) groups is 1. The summed E-state index contributed by atoms with van der Waals surface area (Å²) in [6.45, 7) is 8.77. The van der Waals surface area contributed by atoms with Gasteiger partial charge in [-0.2, -0.15) is 26.3 Å². The number of hydrogen-bond donors (Lipinski definition) is 0. The Balaban J connectivity index is 1.54. The first-order chi connectivity index (χ1) is 19.4. The lowest BCUT2D eigenvalue weighted by Gasteiger charge is -2.42. The topological polar surface area (TPSA) is 42.0 Å². The van der Waals surface area contributed by atoms with Gasteiger partial charge in [0.15, 0.2) is 0 Å². The number of ether oxygens (including phenoxy) is 2. The van der Waals surface area contributed by atoms with Gasteiger partial charge < -0.3 is 14.4 Å². The summed E-state index contributed by atoms with van der Waals surface area (Å²) in [4.78, 5) is 16.4. The zero-order valence-electron chi connectivity index (χ0n) is 23.9. The molecular weight excluding hydrogens is 569 g/mol. The molecule has 0 radical (unpaired) electrons. The van der Waals surface area contributed by atoms with Crippen LogP contribution in [-0.4, -0.2) is 59.8 Å². The van der Waals surface area contributed by atoms with Gasteiger partial charge in [0.25, 0.3) is 0 Å². The van der Waals surface area contributed by atoms with Crippen LogP contribution in [0.5, 0.6) is 0 Å². The maximum Gasteiger partial charge on any atom is 0.416 e. The summed E-state index contributed by atoms with van der Waals surface area (Å²) in [6, 6.07) is 7.32. The molecule has 2 aromatic carbocycles. The Labute approximate surface area is 240 Å². The van der Waals surface area contributed by atoms with Crippen molar-refractivity contribution in [1.82, 2.24) is 9.80 Å². The highest BCUT2D eigenvalue weighted by atomic mass is 19.4. The molecule has 0 bridgehead atoms. The number of nitrogens with zero attached hydrogens (tertiary/aromatic N) is 2. The minimum absolute atomic E-state index is 0.0247. The second-order valence-electron chi connectivity index (χ2n) is 12.0. The van der Waals surface area contributed by atoms with E-state index in [1.54, 1.807) is 37.8 Å². The summed E-state index contributed by atoms with van der Waals surface area (Å²) < 4.78 is 106. The van der Waals surface area contributed by atoms with Crippen LogP contribution in [0.25, 0.3) is 0 Å². The van der Waals surface area contributed by atoms with Crippen molar-refractivity contribution < 1.29 is 45.0 Å². The third-order valence-corrected chi connectivity index (χ3v) is 7.67. The van der Waals surface area contributed by atoms with E-state index in [4.69, 9.17) is 9.47 Å². The van der Waals surface area contributed by atoms with Crippen LogP contribution in [0.2, 0.25) is 0 Å². The summed E-state index contributed by atoms with van der Waals surface area (Å²) in [5, 5.41) is 0. The second-order valence-corrected chi connectivity index (χ2v) is 12.0. The molecule has 2 saturated heterocycles. The van der Waals surface area contributed by atoms with E-state index in [-0.39, 0.29) is 23.6 Å². The Hall–Kier alpha value is -2.86. The van der Waals surface area contributed by atoms with E-state index in [1.807, 2.05) is 0 Å². The van der Waals surface area contributed by atoms with Gasteiger partial charge in [0, 0.05) is 38.1 Å². The predicted molar refractivity (Wildman–Crippen MR) is 141 cm³/mol. The lowest BCUT2D eigenvalue weighted by Crippen LogP contribution is -2.49. The molecule has 0 N–H and O–H groups in total. The van der Waals surface area contributed by atoms with Crippen LogP contribution >= 0.6 is 0 Å². The zero-order valence-corrected chi connectivity index (χ0v) is 23.9. The number of hydrogen-bond acceptors (Lipinski definition) is 4. The van der Waals surface area contributed by atoms with Crippen LogP contribution in [0, 0.1) is 5.82 Å². The van der Waals surface area contributed by atoms with Crippen LogP contribution in [0.1, 0.15) is 74.8 Å². The number of alkyl halides is 6. The molecule has 4 atom stereocenters. The molecule has 2 heterocycles. The summed E-state index contributed by atoms with van der Waals surface area (Å²) in [7, 11) is 0. The van der Waals surface area contributed by atoms with Gasteiger partial charge in [-0.15, -0.1) is 0 Å². The van der Waals surface area contributed by atoms with Gasteiger partial charge in [-0.05, 0) is 82.0 Å². The van der Waals surface area contributed by atoms with Crippen molar-refractivity contribution in [2.75, 3.05) is 26.2 Å². The van der Waals surface area contributed by atoms with Crippen LogP contribution < -0.4 is 0 Å². The number of amides is 1. The Morgan fingerprint density at radius 2 is 1.48 bits per heavy atom. The molecule has 0 aromatic heterocycles. The molecule has 5 nitrogen and oxygen atoms in total. The molecule has 232 valence electrons. The minimum Gasteiger partial charge on any atom is -0.444 e. The van der Waals surface area contributed by atoms with E-state index >= 15 is 0 Å². The third-order valence-electron chi connectivity index (χ3n) is 7.67. The molecule has 2 aliphatic rings. The molecule has 1 amide bonds. The van der Waals surface area contributed by atoms with Crippen molar-refractivity contribution in [1.29, 1.82) is 0 Å². The van der Waals surface area contributed by atoms with E-state index in [9.17, 15) is 35.5 Å². The molecule has 4 rings (SSSR count). The number of likely N-dealkylation sites (tertiary alicyclic amines) is 2. The molecule has 2 aromatic rings. The van der Waals surface area contributed by atoms with Crippen molar-refractivity contribution in [3.63, 3.8) is 0 Å². The first kappa shape index (κ1) is 32.1. The van der Waals surface area contributed by atoms with Gasteiger partial charge >= 0.3 is 18.4 Å². The summed E-state index contributed by atoms with van der Waals surface area (Å²) in [6.07, 6.45) is -10.8. The molecule has 0 aliphatic carbocycles. The number of halogens is 7. The fourth-order valence-corrected chi connectivity index (χ4v) is 5.57. The van der Waals surface area contributed by atoms with Crippen molar-refractivity contribution in [3.05, 3.63) is 70.5 Å². The van der Waals surface area contributed by atoms with Crippen molar-refractivity contribution in [3.8, 4) is 0 Å². The Kier molecular flexibility index (Phi) is 9.18. The lowest BCUT2D eigenvalue weighted by atomic mass is 9.86. The fourth-order valence-electron chi connectivity index (χ4n) is 5.57. The summed E-state index contributed by atoms with van der Waals surface area (Å²) >= 11 is 0. The van der Waals surface area contributed by atoms with Gasteiger partial charge in [0.1, 0.15) is 11.4 Å². The van der Waals surface area contributed by atoms with Gasteiger partial charge in [0.2, 0.25) is 0 Å². The van der Waals surface area contributed by atoms with Crippen LogP contribution in [-0.2, 0) is 21.8 Å². The van der Waals surface area contributed by atoms with E-state index < -0.39 is 53.2 Å². The second kappa shape index (κ2) is 12.0. The maximum atomic E-state index is 13.7. The standard InChI is InChI=1S/C30H35F7N2O3/c1-18(20-13-21(29(32,33)34)15-22(14-20)30(35,36)37)41-26-10-12-38(17-25(26)19-5-7-23(31)8-6-19)24-9-11-39(16-24)27(40)42-28(2,3)4/h5-8,13-15,18,24-26H,9-12,16-17H2,1-4H3/t18-,24?,25-,26+/m1/s1. The van der Waals surface area contributed by atoms with Crippen molar-refractivity contribution >= 4 is 6.09 Å². The summed E-state index contributed by atoms with van der Waals surface area (Å²) in [5.41, 5.74) is -2.93. The minimum atomic E-state index is -4.97. The average Bonchev–Trinajstić information content (AvgIpc) is 3.38. The summed E-state index contributed by atoms with van der Waals surface area (Å²) in [5.74, 6) is -0.782. The molecular formula is C30H35F7N2O3. The van der Waals surface area contributed by atoms with E-state index in [2.05, 4.69) is 4.90 Å².